The maximum absolute atomic E-state index is 10.6. The van der Waals surface area contributed by atoms with Crippen molar-refractivity contribution in [2.24, 2.45) is 0 Å². The van der Waals surface area contributed by atoms with Crippen LogP contribution in [0.3, 0.4) is 0 Å². The number of aliphatic carboxylic acids is 1. The number of phenolic OH excluding ortho intramolecular Hbond substituents is 1. The highest BCUT2D eigenvalue weighted by Gasteiger charge is 2.09. The number of rotatable bonds is 5. The summed E-state index contributed by atoms with van der Waals surface area (Å²) in [5.74, 6) is -0.936. The van der Waals surface area contributed by atoms with Gasteiger partial charge in [-0.2, -0.15) is 0 Å². The van der Waals surface area contributed by atoms with Gasteiger partial charge in [0.15, 0.2) is 11.5 Å². The zero-order chi connectivity index (χ0) is 15.1. The molecule has 6 heteroatoms. The quantitative estimate of drug-likeness (QED) is 0.489. The summed E-state index contributed by atoms with van der Waals surface area (Å²) >= 11 is 0. The van der Waals surface area contributed by atoms with Gasteiger partial charge in [0.25, 0.3) is 5.70 Å². The third-order valence-corrected chi connectivity index (χ3v) is 2.38. The van der Waals surface area contributed by atoms with E-state index in [1.54, 1.807) is 18.2 Å². The number of allylic oxidation sites excluding steroid dienone is 2. The maximum atomic E-state index is 10.6. The lowest BCUT2D eigenvalue weighted by Crippen LogP contribution is -1.94. The van der Waals surface area contributed by atoms with Crippen molar-refractivity contribution >= 4 is 12.0 Å². The molecule has 0 saturated heterocycles. The van der Waals surface area contributed by atoms with Crippen molar-refractivity contribution in [3.8, 4) is 17.2 Å². The lowest BCUT2D eigenvalue weighted by molar-refractivity contribution is -0.132. The number of carboxylic acids is 1. The summed E-state index contributed by atoms with van der Waals surface area (Å²) < 4.78 is 9.99. The number of carbonyl (C=O) groups is 1. The van der Waals surface area contributed by atoms with Gasteiger partial charge < -0.3 is 19.7 Å². The van der Waals surface area contributed by atoms with Crippen LogP contribution in [0.4, 0.5) is 0 Å². The molecule has 20 heavy (non-hydrogen) atoms. The van der Waals surface area contributed by atoms with Gasteiger partial charge in [-0.25, -0.2) is 4.85 Å². The van der Waals surface area contributed by atoms with Crippen molar-refractivity contribution in [1.29, 1.82) is 0 Å². The largest absolute Gasteiger partial charge is 0.502 e. The summed E-state index contributed by atoms with van der Waals surface area (Å²) in [5.41, 5.74) is 0.237. The SMILES string of the molecule is [C-]#[N+]/C(=C\C=C\c1cc(OC)c(O)c(OC)c1)C(=O)O. The zero-order valence-corrected chi connectivity index (χ0v) is 11.0. The number of aromatic hydroxyl groups is 1. The van der Waals surface area contributed by atoms with Crippen LogP contribution in [-0.2, 0) is 4.79 Å². The summed E-state index contributed by atoms with van der Waals surface area (Å²) in [6.45, 7) is 6.70. The minimum absolute atomic E-state index is 0.116. The van der Waals surface area contributed by atoms with Crippen molar-refractivity contribution in [3.05, 3.63) is 47.0 Å². The second-order valence-corrected chi connectivity index (χ2v) is 3.60. The van der Waals surface area contributed by atoms with E-state index >= 15 is 0 Å². The van der Waals surface area contributed by atoms with Crippen molar-refractivity contribution in [1.82, 2.24) is 0 Å². The molecule has 104 valence electrons. The summed E-state index contributed by atoms with van der Waals surface area (Å²) in [4.78, 5) is 13.5. The van der Waals surface area contributed by atoms with Gasteiger partial charge in [-0.05, 0) is 23.8 Å². The highest BCUT2D eigenvalue weighted by Crippen LogP contribution is 2.37. The van der Waals surface area contributed by atoms with Crippen LogP contribution in [0.15, 0.2) is 30.0 Å². The molecule has 0 fully saturated rings. The molecule has 1 aromatic rings. The third-order valence-electron chi connectivity index (χ3n) is 2.38. The van der Waals surface area contributed by atoms with Gasteiger partial charge in [-0.15, -0.1) is 0 Å². The molecule has 1 aromatic carbocycles. The number of hydrogen-bond donors (Lipinski definition) is 2. The highest BCUT2D eigenvalue weighted by atomic mass is 16.5. The third kappa shape index (κ3) is 3.53. The molecular weight excluding hydrogens is 262 g/mol. The zero-order valence-electron chi connectivity index (χ0n) is 11.0. The first-order chi connectivity index (χ1) is 9.53. The second-order valence-electron chi connectivity index (χ2n) is 3.60. The highest BCUT2D eigenvalue weighted by molar-refractivity contribution is 5.89. The van der Waals surface area contributed by atoms with E-state index in [4.69, 9.17) is 21.2 Å². The summed E-state index contributed by atoms with van der Waals surface area (Å²) in [7, 11) is 2.81. The van der Waals surface area contributed by atoms with Crippen LogP contribution >= 0.6 is 0 Å². The fraction of sp³-hybridized carbons (Fsp3) is 0.143. The average molecular weight is 275 g/mol. The van der Waals surface area contributed by atoms with Gasteiger partial charge in [0.1, 0.15) is 0 Å². The Morgan fingerprint density at radius 2 is 1.85 bits per heavy atom. The van der Waals surface area contributed by atoms with Crippen LogP contribution in [0.1, 0.15) is 5.56 Å². The Morgan fingerprint density at radius 1 is 1.30 bits per heavy atom. The standard InChI is InChI=1S/C14H13NO5/c1-15-10(14(17)18)6-4-5-9-7-11(19-2)13(16)12(8-9)20-3/h4-8,16H,2-3H3,(H,17,18)/b5-4+,10-6-. The fourth-order valence-electron chi connectivity index (χ4n) is 1.42. The number of nitrogens with zero attached hydrogens (tertiary/aromatic N) is 1. The minimum Gasteiger partial charge on any atom is -0.502 e. The molecule has 0 aliphatic carbocycles. The molecule has 0 heterocycles. The van der Waals surface area contributed by atoms with Crippen LogP contribution in [0.25, 0.3) is 10.9 Å². The van der Waals surface area contributed by atoms with Gasteiger partial charge in [0.2, 0.25) is 5.75 Å². The lowest BCUT2D eigenvalue weighted by atomic mass is 10.1. The summed E-state index contributed by atoms with van der Waals surface area (Å²) in [5, 5.41) is 18.4. The molecule has 2 N–H and O–H groups in total. The lowest BCUT2D eigenvalue weighted by Gasteiger charge is -2.09. The van der Waals surface area contributed by atoms with E-state index in [1.807, 2.05) is 0 Å². The van der Waals surface area contributed by atoms with Crippen LogP contribution < -0.4 is 9.47 Å². The van der Waals surface area contributed by atoms with Crippen LogP contribution in [-0.4, -0.2) is 30.4 Å². The maximum Gasteiger partial charge on any atom is 0.333 e. The molecule has 1 rings (SSSR count). The van der Waals surface area contributed by atoms with E-state index in [-0.39, 0.29) is 22.9 Å². The van der Waals surface area contributed by atoms with Crippen LogP contribution in [0, 0.1) is 6.57 Å². The summed E-state index contributed by atoms with van der Waals surface area (Å²) in [6, 6.07) is 3.11. The smallest absolute Gasteiger partial charge is 0.333 e. The van der Waals surface area contributed by atoms with E-state index in [0.29, 0.717) is 5.56 Å². The Bertz CT molecular complexity index is 585. The number of hydrogen-bond acceptors (Lipinski definition) is 4. The Morgan fingerprint density at radius 3 is 2.25 bits per heavy atom. The van der Waals surface area contributed by atoms with Crippen molar-refractivity contribution in [2.75, 3.05) is 14.2 Å². The van der Waals surface area contributed by atoms with Gasteiger partial charge in [-0.1, -0.05) is 12.2 Å². The Labute approximate surface area is 116 Å². The van der Waals surface area contributed by atoms with Gasteiger partial charge in [-0.3, -0.25) is 4.79 Å². The Kier molecular flexibility index (Phi) is 5.18. The first kappa shape index (κ1) is 15.1. The normalized spacial score (nSPS) is 11.2. The van der Waals surface area contributed by atoms with Crippen molar-refractivity contribution in [2.45, 2.75) is 0 Å². The van der Waals surface area contributed by atoms with E-state index in [1.165, 1.54) is 26.4 Å². The number of phenols is 1. The van der Waals surface area contributed by atoms with Crippen LogP contribution in [0.5, 0.6) is 17.2 Å². The van der Waals surface area contributed by atoms with E-state index < -0.39 is 5.97 Å². The molecule has 0 aliphatic rings. The van der Waals surface area contributed by atoms with E-state index in [2.05, 4.69) is 4.85 Å². The molecule has 0 amide bonds. The Balaban J connectivity index is 3.10. The predicted octanol–water partition coefficient (Wildman–Crippen LogP) is 2.31. The Hall–Kier alpha value is -2.94. The van der Waals surface area contributed by atoms with E-state index in [9.17, 15) is 9.90 Å². The number of carboxylic acid groups (broad SMARTS) is 1. The fourth-order valence-corrected chi connectivity index (χ4v) is 1.42. The number of ether oxygens (including phenoxy) is 2. The molecule has 0 aromatic heterocycles. The van der Waals surface area contributed by atoms with Gasteiger partial charge >= 0.3 is 5.97 Å². The summed E-state index contributed by atoms with van der Waals surface area (Å²) in [6.07, 6.45) is 4.17. The molecule has 0 saturated carbocycles. The van der Waals surface area contributed by atoms with Gasteiger partial charge in [0.05, 0.1) is 20.8 Å². The molecular formula is C14H13NO5. The first-order valence-corrected chi connectivity index (χ1v) is 5.47. The number of methoxy groups -OCH3 is 2. The first-order valence-electron chi connectivity index (χ1n) is 5.47. The average Bonchev–Trinajstić information content (AvgIpc) is 2.44. The van der Waals surface area contributed by atoms with Crippen molar-refractivity contribution in [3.63, 3.8) is 0 Å². The second kappa shape index (κ2) is 6.85. The molecule has 0 aliphatic heterocycles. The minimum atomic E-state index is -1.29. The molecule has 0 bridgehead atoms. The van der Waals surface area contributed by atoms with Crippen LogP contribution in [0.2, 0.25) is 0 Å². The van der Waals surface area contributed by atoms with Gasteiger partial charge in [0, 0.05) is 0 Å². The molecule has 6 nitrogen and oxygen atoms in total. The monoisotopic (exact) mass is 275 g/mol. The van der Waals surface area contributed by atoms with Crippen molar-refractivity contribution < 1.29 is 24.5 Å². The molecule has 0 radical (unpaired) electrons. The van der Waals surface area contributed by atoms with E-state index in [0.717, 1.165) is 0 Å². The predicted molar refractivity (Wildman–Crippen MR) is 72.6 cm³/mol. The molecule has 0 spiro atoms. The molecule has 0 atom stereocenters. The topological polar surface area (TPSA) is 80.3 Å². The number of benzene rings is 1. The molecule has 0 unspecified atom stereocenters.